The number of carbonyl (C=O) groups is 2. The molecule has 110 valence electrons. The first-order valence-corrected chi connectivity index (χ1v) is 6.04. The summed E-state index contributed by atoms with van der Waals surface area (Å²) in [6.07, 6.45) is -1.01. The molecule has 1 atom stereocenters. The molecule has 0 bridgehead atoms. The van der Waals surface area contributed by atoms with Gasteiger partial charge >= 0.3 is 11.9 Å². The third-order valence-electron chi connectivity index (χ3n) is 2.31. The molecule has 1 rings (SSSR count). The Labute approximate surface area is 115 Å². The number of carbonyl (C=O) groups excluding carboxylic acids is 2. The average molecular weight is 284 g/mol. The molecule has 0 fully saturated rings. The SMILES string of the molecule is CC(C)CNC(=O)C(C)OC(=O)c1ccc([N+](=O)[O-])o1. The Hall–Kier alpha value is -2.38. The number of hydrogen-bond donors (Lipinski definition) is 1. The van der Waals surface area contributed by atoms with Crippen molar-refractivity contribution >= 4 is 17.8 Å². The van der Waals surface area contributed by atoms with E-state index in [0.717, 1.165) is 12.1 Å². The molecule has 0 aliphatic heterocycles. The van der Waals surface area contributed by atoms with Gasteiger partial charge in [0.25, 0.3) is 5.91 Å². The van der Waals surface area contributed by atoms with Crippen molar-refractivity contribution < 1.29 is 23.7 Å². The zero-order chi connectivity index (χ0) is 15.3. The van der Waals surface area contributed by atoms with Crippen LogP contribution < -0.4 is 5.32 Å². The fraction of sp³-hybridized carbons (Fsp3) is 0.500. The van der Waals surface area contributed by atoms with Gasteiger partial charge in [-0.2, -0.15) is 0 Å². The highest BCUT2D eigenvalue weighted by atomic mass is 16.7. The third-order valence-corrected chi connectivity index (χ3v) is 2.31. The monoisotopic (exact) mass is 284 g/mol. The number of furan rings is 1. The standard InChI is InChI=1S/C12H16N2O6/c1-7(2)6-13-11(15)8(3)19-12(16)9-4-5-10(20-9)14(17)18/h4-5,7-8H,6H2,1-3H3,(H,13,15). The predicted octanol–water partition coefficient (Wildman–Crippen LogP) is 1.51. The minimum atomic E-state index is -1.01. The predicted molar refractivity (Wildman–Crippen MR) is 68.1 cm³/mol. The number of esters is 1. The van der Waals surface area contributed by atoms with Crippen LogP contribution in [-0.2, 0) is 9.53 Å². The van der Waals surface area contributed by atoms with Crippen LogP contribution in [0.25, 0.3) is 0 Å². The van der Waals surface area contributed by atoms with E-state index in [1.54, 1.807) is 0 Å². The lowest BCUT2D eigenvalue weighted by molar-refractivity contribution is -0.402. The molecule has 0 saturated heterocycles. The molecule has 0 aliphatic carbocycles. The molecular formula is C12H16N2O6. The number of nitro groups is 1. The Morgan fingerprint density at radius 3 is 2.55 bits per heavy atom. The van der Waals surface area contributed by atoms with E-state index >= 15 is 0 Å². The van der Waals surface area contributed by atoms with E-state index in [0.29, 0.717) is 6.54 Å². The Bertz CT molecular complexity index is 508. The van der Waals surface area contributed by atoms with Crippen LogP contribution >= 0.6 is 0 Å². The summed E-state index contributed by atoms with van der Waals surface area (Å²) in [6.45, 7) is 5.73. The summed E-state index contributed by atoms with van der Waals surface area (Å²) in [7, 11) is 0. The summed E-state index contributed by atoms with van der Waals surface area (Å²) in [4.78, 5) is 32.9. The normalized spacial score (nSPS) is 12.0. The maximum absolute atomic E-state index is 11.6. The molecule has 1 aromatic rings. The Morgan fingerprint density at radius 1 is 1.40 bits per heavy atom. The number of hydrogen-bond acceptors (Lipinski definition) is 6. The third kappa shape index (κ3) is 4.38. The highest BCUT2D eigenvalue weighted by molar-refractivity contribution is 5.90. The van der Waals surface area contributed by atoms with Gasteiger partial charge < -0.3 is 14.5 Å². The van der Waals surface area contributed by atoms with E-state index in [9.17, 15) is 19.7 Å². The van der Waals surface area contributed by atoms with Gasteiger partial charge in [-0.1, -0.05) is 13.8 Å². The minimum absolute atomic E-state index is 0.273. The van der Waals surface area contributed by atoms with Crippen LogP contribution in [0.2, 0.25) is 0 Å². The molecule has 1 amide bonds. The molecule has 1 N–H and O–H groups in total. The van der Waals surface area contributed by atoms with Crippen molar-refractivity contribution in [1.29, 1.82) is 0 Å². The highest BCUT2D eigenvalue weighted by Gasteiger charge is 2.23. The summed E-state index contributed by atoms with van der Waals surface area (Å²) < 4.78 is 9.54. The van der Waals surface area contributed by atoms with Gasteiger partial charge in [-0.15, -0.1) is 0 Å². The van der Waals surface area contributed by atoms with Gasteiger partial charge in [-0.05, 0) is 18.9 Å². The van der Waals surface area contributed by atoms with E-state index in [4.69, 9.17) is 4.74 Å². The van der Waals surface area contributed by atoms with Gasteiger partial charge in [0.15, 0.2) is 6.10 Å². The molecule has 0 radical (unpaired) electrons. The van der Waals surface area contributed by atoms with E-state index < -0.39 is 28.8 Å². The molecule has 1 heterocycles. The maximum Gasteiger partial charge on any atom is 0.433 e. The smallest absolute Gasteiger partial charge is 0.433 e. The molecule has 1 aromatic heterocycles. The lowest BCUT2D eigenvalue weighted by atomic mass is 10.2. The van der Waals surface area contributed by atoms with Crippen molar-refractivity contribution in [3.8, 4) is 0 Å². The number of amides is 1. The second-order valence-electron chi connectivity index (χ2n) is 4.58. The molecule has 0 aromatic carbocycles. The van der Waals surface area contributed by atoms with Gasteiger partial charge in [0.1, 0.15) is 4.92 Å². The lowest BCUT2D eigenvalue weighted by Crippen LogP contribution is -2.37. The molecule has 8 nitrogen and oxygen atoms in total. The maximum atomic E-state index is 11.6. The van der Waals surface area contributed by atoms with Gasteiger partial charge in [0.05, 0.1) is 6.07 Å². The summed E-state index contributed by atoms with van der Waals surface area (Å²) in [6, 6.07) is 2.17. The van der Waals surface area contributed by atoms with Crippen LogP contribution in [0.5, 0.6) is 0 Å². The van der Waals surface area contributed by atoms with Crippen molar-refractivity contribution in [3.63, 3.8) is 0 Å². The topological polar surface area (TPSA) is 112 Å². The molecule has 20 heavy (non-hydrogen) atoms. The Balaban J connectivity index is 2.56. The highest BCUT2D eigenvalue weighted by Crippen LogP contribution is 2.16. The Morgan fingerprint density at radius 2 is 2.05 bits per heavy atom. The molecule has 0 aliphatic rings. The molecule has 1 unspecified atom stereocenters. The first kappa shape index (κ1) is 15.7. The van der Waals surface area contributed by atoms with Crippen LogP contribution in [-0.4, -0.2) is 29.4 Å². The number of nitrogens with one attached hydrogen (secondary N) is 1. The van der Waals surface area contributed by atoms with Crippen molar-refractivity contribution in [2.45, 2.75) is 26.9 Å². The second-order valence-corrected chi connectivity index (χ2v) is 4.58. The van der Waals surface area contributed by atoms with Gasteiger partial charge in [-0.25, -0.2) is 4.79 Å². The van der Waals surface area contributed by atoms with Crippen LogP contribution in [0, 0.1) is 16.0 Å². The quantitative estimate of drug-likeness (QED) is 0.481. The van der Waals surface area contributed by atoms with Crippen LogP contribution in [0.1, 0.15) is 31.3 Å². The van der Waals surface area contributed by atoms with Gasteiger partial charge in [0.2, 0.25) is 5.76 Å². The number of rotatable bonds is 6. The van der Waals surface area contributed by atoms with E-state index in [1.807, 2.05) is 13.8 Å². The fourth-order valence-corrected chi connectivity index (χ4v) is 1.26. The van der Waals surface area contributed by atoms with E-state index in [-0.39, 0.29) is 11.7 Å². The average Bonchev–Trinajstić information content (AvgIpc) is 2.85. The van der Waals surface area contributed by atoms with Crippen molar-refractivity contribution in [3.05, 3.63) is 28.0 Å². The van der Waals surface area contributed by atoms with Crippen LogP contribution in [0.4, 0.5) is 5.88 Å². The van der Waals surface area contributed by atoms with Gasteiger partial charge in [-0.3, -0.25) is 14.9 Å². The summed E-state index contributed by atoms with van der Waals surface area (Å²) >= 11 is 0. The van der Waals surface area contributed by atoms with Crippen molar-refractivity contribution in [1.82, 2.24) is 5.32 Å². The second kappa shape index (κ2) is 6.69. The first-order chi connectivity index (χ1) is 9.31. The van der Waals surface area contributed by atoms with Crippen molar-refractivity contribution in [2.24, 2.45) is 5.92 Å². The number of ether oxygens (including phenoxy) is 1. The molecular weight excluding hydrogens is 268 g/mol. The van der Waals surface area contributed by atoms with E-state index in [2.05, 4.69) is 9.73 Å². The largest absolute Gasteiger partial charge is 0.447 e. The minimum Gasteiger partial charge on any atom is -0.447 e. The molecule has 0 spiro atoms. The summed E-state index contributed by atoms with van der Waals surface area (Å²) in [5.41, 5.74) is 0. The zero-order valence-electron chi connectivity index (χ0n) is 11.4. The Kier molecular flexibility index (Phi) is 5.24. The van der Waals surface area contributed by atoms with Crippen LogP contribution in [0.15, 0.2) is 16.5 Å². The summed E-state index contributed by atoms with van der Waals surface area (Å²) in [5, 5.41) is 13.0. The molecule has 8 heteroatoms. The van der Waals surface area contributed by atoms with Crippen LogP contribution in [0.3, 0.4) is 0 Å². The number of nitrogens with zero attached hydrogens (tertiary/aromatic N) is 1. The van der Waals surface area contributed by atoms with E-state index in [1.165, 1.54) is 6.92 Å². The lowest BCUT2D eigenvalue weighted by Gasteiger charge is -2.13. The van der Waals surface area contributed by atoms with Gasteiger partial charge in [0, 0.05) is 6.54 Å². The molecule has 0 saturated carbocycles. The fourth-order valence-electron chi connectivity index (χ4n) is 1.26. The summed E-state index contributed by atoms with van der Waals surface area (Å²) in [5.74, 6) is -1.97. The van der Waals surface area contributed by atoms with Crippen molar-refractivity contribution in [2.75, 3.05) is 6.54 Å². The first-order valence-electron chi connectivity index (χ1n) is 6.04. The zero-order valence-corrected chi connectivity index (χ0v) is 11.4.